The molecular formula is C16H16ClN3O4. The maximum absolute atomic E-state index is 12.6. The van der Waals surface area contributed by atoms with Crippen LogP contribution in [0.25, 0.3) is 5.69 Å². The van der Waals surface area contributed by atoms with Gasteiger partial charge in [0, 0.05) is 17.8 Å². The summed E-state index contributed by atoms with van der Waals surface area (Å²) in [7, 11) is 0. The molecule has 1 aliphatic rings. The quantitative estimate of drug-likeness (QED) is 0.914. The number of carbonyl (C=O) groups is 2. The number of carbonyl (C=O) groups excluding carboxylic acids is 1. The topological polar surface area (TPSA) is 84.7 Å². The molecule has 1 N–H and O–H groups in total. The van der Waals surface area contributed by atoms with E-state index in [1.165, 1.54) is 11.1 Å². The number of morpholine rings is 1. The van der Waals surface area contributed by atoms with Gasteiger partial charge in [-0.1, -0.05) is 17.7 Å². The predicted octanol–water partition coefficient (Wildman–Crippen LogP) is 1.84. The molecule has 1 amide bonds. The number of rotatable bonds is 3. The van der Waals surface area contributed by atoms with Gasteiger partial charge in [-0.25, -0.2) is 9.48 Å². The number of amides is 1. The molecule has 1 aliphatic heterocycles. The van der Waals surface area contributed by atoms with Gasteiger partial charge < -0.3 is 14.7 Å². The van der Waals surface area contributed by atoms with Crippen LogP contribution >= 0.6 is 11.6 Å². The van der Waals surface area contributed by atoms with E-state index in [9.17, 15) is 9.59 Å². The zero-order valence-corrected chi connectivity index (χ0v) is 13.7. The van der Waals surface area contributed by atoms with E-state index in [1.54, 1.807) is 36.0 Å². The Hall–Kier alpha value is -2.38. The summed E-state index contributed by atoms with van der Waals surface area (Å²) >= 11 is 5.96. The lowest BCUT2D eigenvalue weighted by Gasteiger charge is -2.34. The zero-order chi connectivity index (χ0) is 17.3. The van der Waals surface area contributed by atoms with Crippen LogP contribution in [0.3, 0.4) is 0 Å². The molecule has 2 atom stereocenters. The van der Waals surface area contributed by atoms with Crippen molar-refractivity contribution in [1.82, 2.24) is 14.7 Å². The van der Waals surface area contributed by atoms with Crippen molar-refractivity contribution >= 4 is 23.5 Å². The number of carboxylic acid groups (broad SMARTS) is 1. The van der Waals surface area contributed by atoms with E-state index < -0.39 is 12.1 Å². The third-order valence-corrected chi connectivity index (χ3v) is 3.96. The normalized spacial score (nSPS) is 20.8. The molecule has 1 fully saturated rings. The standard InChI is InChI=1S/C16H16ClN3O4/c1-10-7-19(9-14(24-10)16(22)23)15(21)11-6-18-20(8-11)13-4-2-3-12(17)5-13/h2-6,8,10,14H,7,9H2,1H3,(H,22,23)/t10-,14?/m1/s1. The molecule has 1 aromatic heterocycles. The monoisotopic (exact) mass is 349 g/mol. The number of aromatic nitrogens is 2. The van der Waals surface area contributed by atoms with Crippen LogP contribution < -0.4 is 0 Å². The minimum Gasteiger partial charge on any atom is -0.479 e. The van der Waals surface area contributed by atoms with Gasteiger partial charge in [0.05, 0.1) is 30.1 Å². The van der Waals surface area contributed by atoms with Crippen LogP contribution in [0, 0.1) is 0 Å². The molecule has 0 saturated carbocycles. The first-order chi connectivity index (χ1) is 11.4. The second-order valence-corrected chi connectivity index (χ2v) is 6.07. The van der Waals surface area contributed by atoms with E-state index in [2.05, 4.69) is 5.10 Å². The number of carboxylic acids is 1. The fourth-order valence-electron chi connectivity index (χ4n) is 2.63. The summed E-state index contributed by atoms with van der Waals surface area (Å²) in [6.07, 6.45) is 1.70. The number of nitrogens with zero attached hydrogens (tertiary/aromatic N) is 3. The molecular weight excluding hydrogens is 334 g/mol. The van der Waals surface area contributed by atoms with Gasteiger partial charge in [-0.2, -0.15) is 5.10 Å². The highest BCUT2D eigenvalue weighted by Crippen LogP contribution is 2.17. The molecule has 2 aromatic rings. The second-order valence-electron chi connectivity index (χ2n) is 5.64. The van der Waals surface area contributed by atoms with Crippen LogP contribution in [0.2, 0.25) is 5.02 Å². The Morgan fingerprint density at radius 2 is 2.17 bits per heavy atom. The number of hydrogen-bond acceptors (Lipinski definition) is 4. The Kier molecular flexibility index (Phi) is 4.55. The molecule has 1 aromatic carbocycles. The first-order valence-corrected chi connectivity index (χ1v) is 7.80. The molecule has 1 saturated heterocycles. The average Bonchev–Trinajstić information content (AvgIpc) is 3.03. The highest BCUT2D eigenvalue weighted by Gasteiger charge is 2.33. The summed E-state index contributed by atoms with van der Waals surface area (Å²) in [5, 5.41) is 13.9. The van der Waals surface area contributed by atoms with Crippen LogP contribution in [-0.4, -0.2) is 57.0 Å². The van der Waals surface area contributed by atoms with E-state index in [0.717, 1.165) is 5.69 Å². The smallest absolute Gasteiger partial charge is 0.334 e. The Bertz CT molecular complexity index is 776. The Morgan fingerprint density at radius 1 is 1.38 bits per heavy atom. The SMILES string of the molecule is C[C@@H]1CN(C(=O)c2cnn(-c3cccc(Cl)c3)c2)CC(C(=O)O)O1. The summed E-state index contributed by atoms with van der Waals surface area (Å²) in [5.41, 5.74) is 1.12. The van der Waals surface area contributed by atoms with Gasteiger partial charge in [-0.3, -0.25) is 4.79 Å². The van der Waals surface area contributed by atoms with Gasteiger partial charge in [-0.15, -0.1) is 0 Å². The van der Waals surface area contributed by atoms with Gasteiger partial charge >= 0.3 is 5.97 Å². The Morgan fingerprint density at radius 3 is 2.88 bits per heavy atom. The number of hydrogen-bond donors (Lipinski definition) is 1. The molecule has 0 bridgehead atoms. The average molecular weight is 350 g/mol. The summed E-state index contributed by atoms with van der Waals surface area (Å²) in [4.78, 5) is 25.2. The second kappa shape index (κ2) is 6.62. The van der Waals surface area contributed by atoms with Crippen molar-refractivity contribution in [2.45, 2.75) is 19.1 Å². The highest BCUT2D eigenvalue weighted by molar-refractivity contribution is 6.30. The highest BCUT2D eigenvalue weighted by atomic mass is 35.5. The third kappa shape index (κ3) is 3.42. The van der Waals surface area contributed by atoms with E-state index in [4.69, 9.17) is 21.4 Å². The molecule has 7 nitrogen and oxygen atoms in total. The van der Waals surface area contributed by atoms with Crippen LogP contribution in [0.4, 0.5) is 0 Å². The number of benzene rings is 1. The minimum absolute atomic E-state index is 0.0147. The summed E-state index contributed by atoms with van der Waals surface area (Å²) in [6.45, 7) is 2.09. The Balaban J connectivity index is 1.79. The molecule has 0 radical (unpaired) electrons. The van der Waals surface area contributed by atoms with E-state index >= 15 is 0 Å². The fraction of sp³-hybridized carbons (Fsp3) is 0.312. The summed E-state index contributed by atoms with van der Waals surface area (Å²) < 4.78 is 6.88. The molecule has 126 valence electrons. The largest absolute Gasteiger partial charge is 0.479 e. The van der Waals surface area contributed by atoms with Crippen LogP contribution in [0.5, 0.6) is 0 Å². The van der Waals surface area contributed by atoms with Crippen molar-refractivity contribution in [1.29, 1.82) is 0 Å². The number of aliphatic carboxylic acids is 1. The first-order valence-electron chi connectivity index (χ1n) is 7.42. The maximum Gasteiger partial charge on any atom is 0.334 e. The molecule has 1 unspecified atom stereocenters. The minimum atomic E-state index is -1.08. The van der Waals surface area contributed by atoms with Gasteiger partial charge in [0.25, 0.3) is 5.91 Å². The van der Waals surface area contributed by atoms with Crippen molar-refractivity contribution in [2.24, 2.45) is 0 Å². The van der Waals surface area contributed by atoms with Crippen LogP contribution in [-0.2, 0) is 9.53 Å². The lowest BCUT2D eigenvalue weighted by Crippen LogP contribution is -2.51. The van der Waals surface area contributed by atoms with Gasteiger partial charge in [0.15, 0.2) is 6.10 Å². The van der Waals surface area contributed by atoms with Crippen molar-refractivity contribution in [3.05, 3.63) is 47.2 Å². The molecule has 3 rings (SSSR count). The molecule has 2 heterocycles. The van der Waals surface area contributed by atoms with Crippen molar-refractivity contribution < 1.29 is 19.4 Å². The van der Waals surface area contributed by atoms with Crippen molar-refractivity contribution in [3.63, 3.8) is 0 Å². The lowest BCUT2D eigenvalue weighted by atomic mass is 10.2. The zero-order valence-electron chi connectivity index (χ0n) is 12.9. The third-order valence-electron chi connectivity index (χ3n) is 3.73. The number of halogens is 1. The van der Waals surface area contributed by atoms with Gasteiger partial charge in [0.2, 0.25) is 0 Å². The van der Waals surface area contributed by atoms with E-state index in [1.807, 2.05) is 6.07 Å². The molecule has 0 aliphatic carbocycles. The van der Waals surface area contributed by atoms with Gasteiger partial charge in [0.1, 0.15) is 0 Å². The molecule has 24 heavy (non-hydrogen) atoms. The van der Waals surface area contributed by atoms with Crippen LogP contribution in [0.15, 0.2) is 36.7 Å². The molecule has 0 spiro atoms. The van der Waals surface area contributed by atoms with E-state index in [0.29, 0.717) is 17.1 Å². The lowest BCUT2D eigenvalue weighted by molar-refractivity contribution is -0.160. The Labute approximate surface area is 143 Å². The fourth-order valence-corrected chi connectivity index (χ4v) is 2.81. The maximum atomic E-state index is 12.6. The number of ether oxygens (including phenoxy) is 1. The predicted molar refractivity (Wildman–Crippen MR) is 86.4 cm³/mol. The summed E-state index contributed by atoms with van der Waals surface area (Å²) in [6, 6.07) is 7.11. The molecule has 8 heteroatoms. The first kappa shape index (κ1) is 16.5. The van der Waals surface area contributed by atoms with Crippen molar-refractivity contribution in [2.75, 3.05) is 13.1 Å². The van der Waals surface area contributed by atoms with E-state index in [-0.39, 0.29) is 18.6 Å². The van der Waals surface area contributed by atoms with Gasteiger partial charge in [-0.05, 0) is 25.1 Å². The van der Waals surface area contributed by atoms with Crippen molar-refractivity contribution in [3.8, 4) is 5.69 Å². The van der Waals surface area contributed by atoms with Crippen LogP contribution in [0.1, 0.15) is 17.3 Å². The summed E-state index contributed by atoms with van der Waals surface area (Å²) in [5.74, 6) is -1.35.